The molecule has 0 radical (unpaired) electrons. The van der Waals surface area contributed by atoms with Crippen LogP contribution in [0.25, 0.3) is 0 Å². The number of nitrogens with zero attached hydrogens (tertiary/aromatic N) is 2. The van der Waals surface area contributed by atoms with Crippen LogP contribution in [0.3, 0.4) is 0 Å². The van der Waals surface area contributed by atoms with Crippen molar-refractivity contribution in [1.82, 2.24) is 10.1 Å². The smallest absolute Gasteiger partial charge is 0.231 e. The van der Waals surface area contributed by atoms with Crippen molar-refractivity contribution in [3.05, 3.63) is 47.1 Å². The Balaban J connectivity index is 1.73. The maximum Gasteiger partial charge on any atom is 0.231 e. The number of Topliss-reactive ketones (excluding diaryl/α,β-unsaturated/α-hetero) is 1. The second-order valence-corrected chi connectivity index (χ2v) is 5.45. The van der Waals surface area contributed by atoms with Crippen LogP contribution in [0.2, 0.25) is 0 Å². The van der Waals surface area contributed by atoms with Crippen LogP contribution in [0.15, 0.2) is 28.8 Å². The van der Waals surface area contributed by atoms with Crippen molar-refractivity contribution >= 4 is 5.78 Å². The Morgan fingerprint density at radius 3 is 2.60 bits per heavy atom. The van der Waals surface area contributed by atoms with Gasteiger partial charge in [0.1, 0.15) is 0 Å². The molecule has 1 aromatic heterocycles. The van der Waals surface area contributed by atoms with Crippen LogP contribution in [-0.4, -0.2) is 15.9 Å². The summed E-state index contributed by atoms with van der Waals surface area (Å²) < 4.78 is 5.26. The molecule has 20 heavy (non-hydrogen) atoms. The van der Waals surface area contributed by atoms with Crippen LogP contribution in [0.5, 0.6) is 0 Å². The number of ketones is 1. The van der Waals surface area contributed by atoms with Gasteiger partial charge in [0.15, 0.2) is 11.6 Å². The third-order valence-electron chi connectivity index (χ3n) is 3.88. The number of aromatic nitrogens is 2. The topological polar surface area (TPSA) is 82.0 Å². The van der Waals surface area contributed by atoms with E-state index in [1.807, 2.05) is 24.3 Å². The Labute approximate surface area is 117 Å². The molecule has 0 spiro atoms. The number of rotatable bonds is 4. The number of benzene rings is 1. The Bertz CT molecular complexity index is 627. The van der Waals surface area contributed by atoms with Gasteiger partial charge in [-0.05, 0) is 31.7 Å². The van der Waals surface area contributed by atoms with E-state index in [9.17, 15) is 4.79 Å². The number of carbonyl (C=O) groups excluding carboxylic acids is 1. The average Bonchev–Trinajstić information content (AvgIpc) is 2.85. The predicted octanol–water partition coefficient (Wildman–Crippen LogP) is 2.20. The lowest BCUT2D eigenvalue weighted by molar-refractivity contribution is 0.101. The molecule has 0 amide bonds. The van der Waals surface area contributed by atoms with Crippen LogP contribution < -0.4 is 5.73 Å². The summed E-state index contributed by atoms with van der Waals surface area (Å²) in [6.45, 7) is 1.55. The molecule has 104 valence electrons. The Morgan fingerprint density at radius 1 is 1.35 bits per heavy atom. The van der Waals surface area contributed by atoms with Gasteiger partial charge < -0.3 is 10.3 Å². The van der Waals surface area contributed by atoms with E-state index >= 15 is 0 Å². The van der Waals surface area contributed by atoms with E-state index in [2.05, 4.69) is 10.1 Å². The largest absolute Gasteiger partial charge is 0.339 e. The summed E-state index contributed by atoms with van der Waals surface area (Å²) >= 11 is 0. The lowest BCUT2D eigenvalue weighted by atomic mass is 9.77. The standard InChI is InChI=1S/C15H17N3O2/c1-10(19)12-5-3-11(4-6-12)9-13-17-14(18-20-13)15(16)7-2-8-15/h3-6H,2,7-9,16H2,1H3. The first-order valence-electron chi connectivity index (χ1n) is 6.79. The first-order valence-corrected chi connectivity index (χ1v) is 6.79. The summed E-state index contributed by atoms with van der Waals surface area (Å²) in [4.78, 5) is 15.6. The monoisotopic (exact) mass is 271 g/mol. The zero-order chi connectivity index (χ0) is 14.2. The first kappa shape index (κ1) is 13.0. The van der Waals surface area contributed by atoms with E-state index in [4.69, 9.17) is 10.3 Å². The third-order valence-corrected chi connectivity index (χ3v) is 3.88. The van der Waals surface area contributed by atoms with Gasteiger partial charge in [0, 0.05) is 5.56 Å². The van der Waals surface area contributed by atoms with Gasteiger partial charge >= 0.3 is 0 Å². The highest BCUT2D eigenvalue weighted by atomic mass is 16.5. The fourth-order valence-corrected chi connectivity index (χ4v) is 2.34. The minimum absolute atomic E-state index is 0.0617. The van der Waals surface area contributed by atoms with E-state index in [0.29, 0.717) is 23.7 Å². The summed E-state index contributed by atoms with van der Waals surface area (Å²) in [6.07, 6.45) is 3.51. The molecule has 5 nitrogen and oxygen atoms in total. The minimum Gasteiger partial charge on any atom is -0.339 e. The lowest BCUT2D eigenvalue weighted by Crippen LogP contribution is -2.44. The Morgan fingerprint density at radius 2 is 2.05 bits per heavy atom. The van der Waals surface area contributed by atoms with Crippen LogP contribution in [-0.2, 0) is 12.0 Å². The fraction of sp³-hybridized carbons (Fsp3) is 0.400. The summed E-state index contributed by atoms with van der Waals surface area (Å²) in [5.74, 6) is 1.23. The highest BCUT2D eigenvalue weighted by molar-refractivity contribution is 5.93. The molecular formula is C15H17N3O2. The van der Waals surface area contributed by atoms with Crippen LogP contribution in [0.4, 0.5) is 0 Å². The molecule has 1 fully saturated rings. The van der Waals surface area contributed by atoms with E-state index in [1.54, 1.807) is 6.92 Å². The highest BCUT2D eigenvalue weighted by Crippen LogP contribution is 2.36. The molecular weight excluding hydrogens is 254 g/mol. The number of nitrogens with two attached hydrogens (primary N) is 1. The van der Waals surface area contributed by atoms with Crippen LogP contribution in [0, 0.1) is 0 Å². The fourth-order valence-electron chi connectivity index (χ4n) is 2.34. The van der Waals surface area contributed by atoms with Gasteiger partial charge in [-0.15, -0.1) is 0 Å². The van der Waals surface area contributed by atoms with E-state index < -0.39 is 0 Å². The molecule has 1 heterocycles. The molecule has 1 aliphatic rings. The molecule has 1 saturated carbocycles. The molecule has 3 rings (SSSR count). The Kier molecular flexibility index (Phi) is 3.14. The Hall–Kier alpha value is -2.01. The maximum absolute atomic E-state index is 11.2. The second kappa shape index (κ2) is 4.83. The van der Waals surface area contributed by atoms with Gasteiger partial charge in [0.05, 0.1) is 12.0 Å². The molecule has 0 aliphatic heterocycles. The van der Waals surface area contributed by atoms with Gasteiger partial charge in [-0.2, -0.15) is 4.98 Å². The average molecular weight is 271 g/mol. The summed E-state index contributed by atoms with van der Waals surface area (Å²) in [7, 11) is 0. The van der Waals surface area contributed by atoms with Crippen molar-refractivity contribution in [3.63, 3.8) is 0 Å². The van der Waals surface area contributed by atoms with Gasteiger partial charge in [-0.1, -0.05) is 29.4 Å². The molecule has 0 atom stereocenters. The van der Waals surface area contributed by atoms with Crippen molar-refractivity contribution in [1.29, 1.82) is 0 Å². The maximum atomic E-state index is 11.2. The van der Waals surface area contributed by atoms with Gasteiger partial charge in [0.25, 0.3) is 0 Å². The zero-order valence-corrected chi connectivity index (χ0v) is 11.4. The number of carbonyl (C=O) groups is 1. The molecule has 2 N–H and O–H groups in total. The quantitative estimate of drug-likeness (QED) is 0.862. The molecule has 0 unspecified atom stereocenters. The van der Waals surface area contributed by atoms with Gasteiger partial charge in [-0.3, -0.25) is 4.79 Å². The van der Waals surface area contributed by atoms with Gasteiger partial charge in [0.2, 0.25) is 5.89 Å². The van der Waals surface area contributed by atoms with E-state index in [-0.39, 0.29) is 11.3 Å². The predicted molar refractivity (Wildman–Crippen MR) is 73.3 cm³/mol. The molecule has 1 aliphatic carbocycles. The van der Waals surface area contributed by atoms with Crippen molar-refractivity contribution in [3.8, 4) is 0 Å². The summed E-state index contributed by atoms with van der Waals surface area (Å²) in [6, 6.07) is 7.43. The lowest BCUT2D eigenvalue weighted by Gasteiger charge is -2.34. The molecule has 5 heteroatoms. The van der Waals surface area contributed by atoms with Crippen molar-refractivity contribution in [2.45, 2.75) is 38.1 Å². The highest BCUT2D eigenvalue weighted by Gasteiger charge is 2.38. The zero-order valence-electron chi connectivity index (χ0n) is 11.4. The van der Waals surface area contributed by atoms with Crippen molar-refractivity contribution < 1.29 is 9.32 Å². The van der Waals surface area contributed by atoms with Crippen LogP contribution >= 0.6 is 0 Å². The summed E-state index contributed by atoms with van der Waals surface area (Å²) in [5.41, 5.74) is 7.51. The third kappa shape index (κ3) is 2.36. The van der Waals surface area contributed by atoms with E-state index in [0.717, 1.165) is 24.8 Å². The van der Waals surface area contributed by atoms with E-state index in [1.165, 1.54) is 0 Å². The van der Waals surface area contributed by atoms with Crippen LogP contribution in [0.1, 0.15) is 53.8 Å². The normalized spacial score (nSPS) is 16.7. The SMILES string of the molecule is CC(=O)c1ccc(Cc2nc(C3(N)CCC3)no2)cc1. The second-order valence-electron chi connectivity index (χ2n) is 5.45. The minimum atomic E-state index is -0.389. The number of hydrogen-bond acceptors (Lipinski definition) is 5. The number of hydrogen-bond donors (Lipinski definition) is 1. The molecule has 0 saturated heterocycles. The summed E-state index contributed by atoms with van der Waals surface area (Å²) in [5, 5.41) is 3.99. The van der Waals surface area contributed by atoms with Crippen molar-refractivity contribution in [2.75, 3.05) is 0 Å². The van der Waals surface area contributed by atoms with Crippen molar-refractivity contribution in [2.24, 2.45) is 5.73 Å². The molecule has 2 aromatic rings. The molecule has 0 bridgehead atoms. The first-order chi connectivity index (χ1) is 9.57. The molecule has 1 aromatic carbocycles. The van der Waals surface area contributed by atoms with Gasteiger partial charge in [-0.25, -0.2) is 0 Å².